The van der Waals surface area contributed by atoms with E-state index in [0.717, 1.165) is 0 Å². The quantitative estimate of drug-likeness (QED) is 0.558. The zero-order chi connectivity index (χ0) is 19.2. The molecule has 138 valence electrons. The van der Waals surface area contributed by atoms with Gasteiger partial charge in [0.1, 0.15) is 18.0 Å². The lowest BCUT2D eigenvalue weighted by Gasteiger charge is -2.31. The number of allylic oxidation sites excluding steroid dienone is 2. The van der Waals surface area contributed by atoms with E-state index in [9.17, 15) is 14.4 Å². The zero-order valence-electron chi connectivity index (χ0n) is 15.2. The summed E-state index contributed by atoms with van der Waals surface area (Å²) in [6, 6.07) is 0. The van der Waals surface area contributed by atoms with Gasteiger partial charge in [-0.05, 0) is 26.3 Å². The van der Waals surface area contributed by atoms with Gasteiger partial charge >= 0.3 is 11.9 Å². The van der Waals surface area contributed by atoms with Gasteiger partial charge in [-0.15, -0.1) is 0 Å². The van der Waals surface area contributed by atoms with Crippen LogP contribution < -0.4 is 0 Å². The highest BCUT2D eigenvalue weighted by Gasteiger charge is 2.52. The molecule has 2 saturated heterocycles. The Bertz CT molecular complexity index is 786. The number of carbonyl (C=O) groups excluding carboxylic acids is 3. The van der Waals surface area contributed by atoms with Crippen molar-refractivity contribution in [2.45, 2.75) is 51.4 Å². The van der Waals surface area contributed by atoms with Crippen LogP contribution in [0.5, 0.6) is 0 Å². The minimum atomic E-state index is -1.19. The van der Waals surface area contributed by atoms with Crippen LogP contribution in [0.25, 0.3) is 0 Å². The molecule has 3 aliphatic rings. The number of hydrogen-bond donors (Lipinski definition) is 0. The van der Waals surface area contributed by atoms with Crippen LogP contribution >= 0.6 is 0 Å². The van der Waals surface area contributed by atoms with Crippen molar-refractivity contribution in [2.75, 3.05) is 0 Å². The molecule has 2 bridgehead atoms. The maximum Gasteiger partial charge on any atom is 0.334 e. The lowest BCUT2D eigenvalue weighted by molar-refractivity contribution is -0.153. The Morgan fingerprint density at radius 2 is 2.08 bits per heavy atom. The summed E-state index contributed by atoms with van der Waals surface area (Å²) in [5.74, 6) is -1.41. The summed E-state index contributed by atoms with van der Waals surface area (Å²) in [7, 11) is 0. The van der Waals surface area contributed by atoms with Crippen LogP contribution in [0.1, 0.15) is 33.6 Å². The molecule has 0 unspecified atom stereocenters. The van der Waals surface area contributed by atoms with Gasteiger partial charge in [0, 0.05) is 30.1 Å². The lowest BCUT2D eigenvalue weighted by Crippen LogP contribution is -2.43. The number of ether oxygens (including phenoxy) is 3. The Kier molecular flexibility index (Phi) is 4.38. The first-order valence-corrected chi connectivity index (χ1v) is 8.53. The minimum Gasteiger partial charge on any atom is -0.479 e. The molecular weight excluding hydrogens is 336 g/mol. The molecule has 0 spiro atoms. The molecular formula is C20H22O6. The Hall–Kier alpha value is -2.63. The highest BCUT2D eigenvalue weighted by atomic mass is 16.6. The van der Waals surface area contributed by atoms with Crippen LogP contribution in [0.15, 0.2) is 47.8 Å². The molecule has 0 aromatic heterocycles. The molecule has 26 heavy (non-hydrogen) atoms. The monoisotopic (exact) mass is 358 g/mol. The highest BCUT2D eigenvalue weighted by molar-refractivity contribution is 6.00. The SMILES string of the molecule is C=C1C[C@H]2OC(=O)C(=C)[C@@H]2[C@H](OC(=O)/C(C)=C\C)C[C@@]2(C)OC1=CC2=O. The fourth-order valence-electron chi connectivity index (χ4n) is 3.51. The van der Waals surface area contributed by atoms with Crippen LogP contribution in [-0.2, 0) is 28.6 Å². The van der Waals surface area contributed by atoms with Gasteiger partial charge in [-0.1, -0.05) is 19.2 Å². The maximum absolute atomic E-state index is 12.5. The predicted octanol–water partition coefficient (Wildman–Crippen LogP) is 2.55. The molecule has 0 N–H and O–H groups in total. The fourth-order valence-corrected chi connectivity index (χ4v) is 3.51. The summed E-state index contributed by atoms with van der Waals surface area (Å²) < 4.78 is 17.0. The van der Waals surface area contributed by atoms with E-state index in [2.05, 4.69) is 13.2 Å². The maximum atomic E-state index is 12.5. The normalized spacial score (nSPS) is 34.2. The summed E-state index contributed by atoms with van der Waals surface area (Å²) in [6.07, 6.45) is 2.08. The number of esters is 2. The number of fused-ring (bicyclic) bond motifs is 3. The first-order valence-electron chi connectivity index (χ1n) is 8.53. The van der Waals surface area contributed by atoms with Gasteiger partial charge in [-0.3, -0.25) is 4.79 Å². The molecule has 3 aliphatic heterocycles. The topological polar surface area (TPSA) is 78.9 Å². The fraction of sp³-hybridized carbons (Fsp3) is 0.450. The van der Waals surface area contributed by atoms with Crippen LogP contribution in [0.2, 0.25) is 0 Å². The van der Waals surface area contributed by atoms with E-state index in [1.54, 1.807) is 26.8 Å². The number of carbonyl (C=O) groups is 3. The molecule has 0 radical (unpaired) electrons. The number of rotatable bonds is 2. The van der Waals surface area contributed by atoms with Gasteiger partial charge in [0.05, 0.1) is 5.92 Å². The average molecular weight is 358 g/mol. The summed E-state index contributed by atoms with van der Waals surface area (Å²) in [5.41, 5.74) is 0.0514. The largest absolute Gasteiger partial charge is 0.479 e. The smallest absolute Gasteiger partial charge is 0.334 e. The predicted molar refractivity (Wildman–Crippen MR) is 92.8 cm³/mol. The van der Waals surface area contributed by atoms with Crippen LogP contribution in [0.3, 0.4) is 0 Å². The molecule has 6 heteroatoms. The van der Waals surface area contributed by atoms with Crippen LogP contribution in [-0.4, -0.2) is 35.5 Å². The third kappa shape index (κ3) is 2.89. The Balaban J connectivity index is 2.02. The van der Waals surface area contributed by atoms with E-state index in [1.807, 2.05) is 0 Å². The van der Waals surface area contributed by atoms with Crippen LogP contribution in [0, 0.1) is 5.92 Å². The third-order valence-electron chi connectivity index (χ3n) is 5.24. The van der Waals surface area contributed by atoms with E-state index in [0.29, 0.717) is 16.9 Å². The van der Waals surface area contributed by atoms with Gasteiger partial charge in [-0.25, -0.2) is 9.59 Å². The lowest BCUT2D eigenvalue weighted by atomic mass is 9.81. The molecule has 0 aliphatic carbocycles. The number of hydrogen-bond acceptors (Lipinski definition) is 6. The molecule has 2 fully saturated rings. The second kappa shape index (κ2) is 6.27. The van der Waals surface area contributed by atoms with Gasteiger partial charge in [0.15, 0.2) is 5.60 Å². The molecule has 0 saturated carbocycles. The zero-order valence-corrected chi connectivity index (χ0v) is 15.2. The van der Waals surface area contributed by atoms with Crippen molar-refractivity contribution < 1.29 is 28.6 Å². The molecule has 0 aromatic carbocycles. The molecule has 3 rings (SSSR count). The molecule has 4 atom stereocenters. The summed E-state index contributed by atoms with van der Waals surface area (Å²) in [5, 5.41) is 0. The average Bonchev–Trinajstić information content (AvgIpc) is 3.03. The number of ketones is 1. The Labute approximate surface area is 152 Å². The van der Waals surface area contributed by atoms with Crippen molar-refractivity contribution in [3.05, 3.63) is 47.8 Å². The first-order chi connectivity index (χ1) is 12.2. The van der Waals surface area contributed by atoms with Crippen molar-refractivity contribution in [2.24, 2.45) is 5.92 Å². The second-order valence-electron chi connectivity index (χ2n) is 7.13. The van der Waals surface area contributed by atoms with Gasteiger partial charge in [0.2, 0.25) is 5.78 Å². The third-order valence-corrected chi connectivity index (χ3v) is 5.24. The summed E-state index contributed by atoms with van der Waals surface area (Å²) in [6.45, 7) is 12.8. The first kappa shape index (κ1) is 18.2. The van der Waals surface area contributed by atoms with Gasteiger partial charge in [-0.2, -0.15) is 0 Å². The Morgan fingerprint density at radius 3 is 2.73 bits per heavy atom. The van der Waals surface area contributed by atoms with Crippen molar-refractivity contribution in [1.82, 2.24) is 0 Å². The van der Waals surface area contributed by atoms with E-state index in [1.165, 1.54) is 6.08 Å². The summed E-state index contributed by atoms with van der Waals surface area (Å²) >= 11 is 0. The van der Waals surface area contributed by atoms with E-state index < -0.39 is 35.7 Å². The molecule has 6 nitrogen and oxygen atoms in total. The van der Waals surface area contributed by atoms with Crippen molar-refractivity contribution in [1.29, 1.82) is 0 Å². The van der Waals surface area contributed by atoms with Gasteiger partial charge in [0.25, 0.3) is 0 Å². The van der Waals surface area contributed by atoms with E-state index in [-0.39, 0.29) is 24.2 Å². The molecule has 3 heterocycles. The van der Waals surface area contributed by atoms with E-state index >= 15 is 0 Å². The van der Waals surface area contributed by atoms with Crippen LogP contribution in [0.4, 0.5) is 0 Å². The highest BCUT2D eigenvalue weighted by Crippen LogP contribution is 2.44. The van der Waals surface area contributed by atoms with Crippen molar-refractivity contribution in [3.63, 3.8) is 0 Å². The van der Waals surface area contributed by atoms with E-state index in [4.69, 9.17) is 14.2 Å². The van der Waals surface area contributed by atoms with Gasteiger partial charge < -0.3 is 14.2 Å². The van der Waals surface area contributed by atoms with Crippen molar-refractivity contribution >= 4 is 17.7 Å². The van der Waals surface area contributed by atoms with Crippen molar-refractivity contribution in [3.8, 4) is 0 Å². The molecule has 0 aromatic rings. The standard InChI is InChI=1S/C20H22O6/c1-6-10(2)18(22)25-15-9-20(5)16(21)8-13(26-20)11(3)7-14-17(15)12(4)19(23)24-14/h6,8,14-15,17H,3-4,7,9H2,1-2,5H3/b10-6-/t14-,15-,17+,20-/m1/s1. The molecule has 0 amide bonds. The second-order valence-corrected chi connectivity index (χ2v) is 7.13. The Morgan fingerprint density at radius 1 is 1.38 bits per heavy atom. The minimum absolute atomic E-state index is 0.0959. The summed E-state index contributed by atoms with van der Waals surface area (Å²) in [4.78, 5) is 36.9.